The predicted octanol–water partition coefficient (Wildman–Crippen LogP) is 2.03. The van der Waals surface area contributed by atoms with Gasteiger partial charge in [0.1, 0.15) is 11.5 Å². The van der Waals surface area contributed by atoms with E-state index in [-0.39, 0.29) is 5.91 Å². The van der Waals surface area contributed by atoms with E-state index in [9.17, 15) is 4.79 Å². The van der Waals surface area contributed by atoms with E-state index < -0.39 is 0 Å². The molecule has 0 aliphatic rings. The van der Waals surface area contributed by atoms with E-state index in [2.05, 4.69) is 10.4 Å². The Hall–Kier alpha value is -2.50. The van der Waals surface area contributed by atoms with Crippen molar-refractivity contribution in [3.63, 3.8) is 0 Å². The quantitative estimate of drug-likeness (QED) is 0.795. The van der Waals surface area contributed by atoms with Crippen LogP contribution in [0.3, 0.4) is 0 Å². The van der Waals surface area contributed by atoms with Crippen molar-refractivity contribution in [3.05, 3.63) is 41.7 Å². The minimum Gasteiger partial charge on any atom is -0.497 e. The zero-order valence-corrected chi connectivity index (χ0v) is 13.1. The minimum atomic E-state index is -0.156. The van der Waals surface area contributed by atoms with E-state index in [1.807, 2.05) is 24.0 Å². The molecule has 0 fully saturated rings. The van der Waals surface area contributed by atoms with Crippen LogP contribution in [0.5, 0.6) is 11.5 Å². The zero-order valence-electron chi connectivity index (χ0n) is 13.1. The number of aryl methyl sites for hydroxylation is 2. The summed E-state index contributed by atoms with van der Waals surface area (Å²) in [6, 6.07) is 5.13. The molecule has 1 aromatic carbocycles. The summed E-state index contributed by atoms with van der Waals surface area (Å²) in [5.41, 5.74) is 1.63. The number of hydrogen-bond donors (Lipinski definition) is 1. The fraction of sp³-hybridized carbons (Fsp3) is 0.375. The van der Waals surface area contributed by atoms with Gasteiger partial charge in [-0.3, -0.25) is 9.48 Å². The molecule has 0 radical (unpaired) electrons. The highest BCUT2D eigenvalue weighted by Crippen LogP contribution is 2.24. The van der Waals surface area contributed by atoms with Gasteiger partial charge in [0, 0.05) is 25.4 Å². The summed E-state index contributed by atoms with van der Waals surface area (Å²) in [6.07, 6.45) is 4.61. The number of hydrogen-bond acceptors (Lipinski definition) is 4. The van der Waals surface area contributed by atoms with Crippen LogP contribution in [-0.2, 0) is 6.54 Å². The van der Waals surface area contributed by atoms with Gasteiger partial charge >= 0.3 is 0 Å². The highest BCUT2D eigenvalue weighted by molar-refractivity contribution is 5.97. The third-order valence-corrected chi connectivity index (χ3v) is 3.27. The number of methoxy groups -OCH3 is 2. The Morgan fingerprint density at radius 2 is 2.14 bits per heavy atom. The highest BCUT2D eigenvalue weighted by atomic mass is 16.5. The smallest absolute Gasteiger partial charge is 0.255 e. The van der Waals surface area contributed by atoms with Crippen molar-refractivity contribution in [2.75, 3.05) is 20.8 Å². The SMILES string of the molecule is COc1ccc(C(=O)NCCCn2cc(C)cn2)c(OC)c1. The van der Waals surface area contributed by atoms with E-state index in [1.54, 1.807) is 25.3 Å². The number of carbonyl (C=O) groups excluding carboxylic acids is 1. The van der Waals surface area contributed by atoms with Gasteiger partial charge in [0.05, 0.1) is 26.0 Å². The third-order valence-electron chi connectivity index (χ3n) is 3.27. The van der Waals surface area contributed by atoms with Gasteiger partial charge in [-0.25, -0.2) is 0 Å². The molecule has 2 aromatic rings. The van der Waals surface area contributed by atoms with Crippen molar-refractivity contribution < 1.29 is 14.3 Å². The summed E-state index contributed by atoms with van der Waals surface area (Å²) in [4.78, 5) is 12.2. The summed E-state index contributed by atoms with van der Waals surface area (Å²) < 4.78 is 12.2. The van der Waals surface area contributed by atoms with E-state index in [0.717, 1.165) is 18.5 Å². The van der Waals surface area contributed by atoms with Crippen molar-refractivity contribution >= 4 is 5.91 Å². The first kappa shape index (κ1) is 15.9. The van der Waals surface area contributed by atoms with Crippen LogP contribution in [0.4, 0.5) is 0 Å². The van der Waals surface area contributed by atoms with Crippen LogP contribution in [0.15, 0.2) is 30.6 Å². The van der Waals surface area contributed by atoms with Crippen molar-refractivity contribution in [2.45, 2.75) is 19.9 Å². The van der Waals surface area contributed by atoms with Crippen LogP contribution in [0.1, 0.15) is 22.3 Å². The number of nitrogens with one attached hydrogen (secondary N) is 1. The van der Waals surface area contributed by atoms with Crippen molar-refractivity contribution in [2.24, 2.45) is 0 Å². The topological polar surface area (TPSA) is 65.4 Å². The number of aromatic nitrogens is 2. The summed E-state index contributed by atoms with van der Waals surface area (Å²) in [5.74, 6) is 0.998. The Morgan fingerprint density at radius 3 is 2.77 bits per heavy atom. The normalized spacial score (nSPS) is 10.3. The summed E-state index contributed by atoms with van der Waals surface area (Å²) in [7, 11) is 3.11. The van der Waals surface area contributed by atoms with Gasteiger partial charge in [-0.15, -0.1) is 0 Å². The Kier molecular flexibility index (Phi) is 5.41. The molecule has 0 aliphatic carbocycles. The van der Waals surface area contributed by atoms with Crippen molar-refractivity contribution in [1.29, 1.82) is 0 Å². The zero-order chi connectivity index (χ0) is 15.9. The molecule has 0 spiro atoms. The molecule has 6 heteroatoms. The molecule has 0 saturated carbocycles. The molecule has 0 bridgehead atoms. The largest absolute Gasteiger partial charge is 0.497 e. The van der Waals surface area contributed by atoms with Crippen LogP contribution in [0.25, 0.3) is 0 Å². The molecular formula is C16H21N3O3. The summed E-state index contributed by atoms with van der Waals surface area (Å²) >= 11 is 0. The second kappa shape index (κ2) is 7.49. The molecule has 2 rings (SSSR count). The molecule has 1 heterocycles. The van der Waals surface area contributed by atoms with E-state index >= 15 is 0 Å². The van der Waals surface area contributed by atoms with Crippen molar-refractivity contribution in [3.8, 4) is 11.5 Å². The van der Waals surface area contributed by atoms with E-state index in [1.165, 1.54) is 7.11 Å². The van der Waals surface area contributed by atoms with Gasteiger partial charge in [-0.05, 0) is 31.0 Å². The van der Waals surface area contributed by atoms with Crippen LogP contribution in [-0.4, -0.2) is 36.5 Å². The highest BCUT2D eigenvalue weighted by Gasteiger charge is 2.12. The van der Waals surface area contributed by atoms with Gasteiger partial charge in [0.15, 0.2) is 0 Å². The van der Waals surface area contributed by atoms with Crippen LogP contribution < -0.4 is 14.8 Å². The van der Waals surface area contributed by atoms with Crippen LogP contribution in [0, 0.1) is 6.92 Å². The Labute approximate surface area is 130 Å². The Bertz CT molecular complexity index is 637. The number of ether oxygens (including phenoxy) is 2. The first-order valence-electron chi connectivity index (χ1n) is 7.13. The molecule has 1 N–H and O–H groups in total. The first-order valence-corrected chi connectivity index (χ1v) is 7.13. The molecule has 0 atom stereocenters. The maximum Gasteiger partial charge on any atom is 0.255 e. The maximum atomic E-state index is 12.2. The van der Waals surface area contributed by atoms with Gasteiger partial charge in [0.25, 0.3) is 5.91 Å². The molecule has 6 nitrogen and oxygen atoms in total. The molecule has 1 amide bonds. The summed E-state index contributed by atoms with van der Waals surface area (Å²) in [5, 5.41) is 7.09. The Balaban J connectivity index is 1.86. The molecule has 1 aromatic heterocycles. The molecule has 0 aliphatic heterocycles. The average molecular weight is 303 g/mol. The van der Waals surface area contributed by atoms with Gasteiger partial charge in [-0.1, -0.05) is 0 Å². The number of benzene rings is 1. The van der Waals surface area contributed by atoms with Gasteiger partial charge < -0.3 is 14.8 Å². The lowest BCUT2D eigenvalue weighted by Gasteiger charge is -2.10. The van der Waals surface area contributed by atoms with Gasteiger partial charge in [0.2, 0.25) is 0 Å². The van der Waals surface area contributed by atoms with E-state index in [4.69, 9.17) is 9.47 Å². The lowest BCUT2D eigenvalue weighted by Crippen LogP contribution is -2.25. The maximum absolute atomic E-state index is 12.2. The fourth-order valence-corrected chi connectivity index (χ4v) is 2.11. The average Bonchev–Trinajstić information content (AvgIpc) is 2.96. The first-order chi connectivity index (χ1) is 10.6. The molecule has 22 heavy (non-hydrogen) atoms. The number of amides is 1. The second-order valence-electron chi connectivity index (χ2n) is 4.96. The van der Waals surface area contributed by atoms with Crippen LogP contribution in [0.2, 0.25) is 0 Å². The van der Waals surface area contributed by atoms with Crippen molar-refractivity contribution in [1.82, 2.24) is 15.1 Å². The third kappa shape index (κ3) is 4.00. The lowest BCUT2D eigenvalue weighted by atomic mass is 10.1. The fourth-order valence-electron chi connectivity index (χ4n) is 2.11. The number of carbonyl (C=O) groups is 1. The minimum absolute atomic E-state index is 0.156. The van der Waals surface area contributed by atoms with Gasteiger partial charge in [-0.2, -0.15) is 5.10 Å². The van der Waals surface area contributed by atoms with E-state index in [0.29, 0.717) is 23.6 Å². The lowest BCUT2D eigenvalue weighted by molar-refractivity contribution is 0.0949. The standard InChI is InChI=1S/C16H21N3O3/c1-12-10-18-19(11-12)8-4-7-17-16(20)14-6-5-13(21-2)9-15(14)22-3/h5-6,9-11H,4,7-8H2,1-3H3,(H,17,20). The van der Waals surface area contributed by atoms with Crippen LogP contribution >= 0.6 is 0 Å². The predicted molar refractivity (Wildman–Crippen MR) is 83.5 cm³/mol. The monoisotopic (exact) mass is 303 g/mol. The molecule has 118 valence electrons. The molecule has 0 unspecified atom stereocenters. The molecule has 0 saturated heterocycles. The number of nitrogens with zero attached hydrogens (tertiary/aromatic N) is 2. The second-order valence-corrected chi connectivity index (χ2v) is 4.96. The molecular weight excluding hydrogens is 282 g/mol. The number of rotatable bonds is 7. The summed E-state index contributed by atoms with van der Waals surface area (Å²) in [6.45, 7) is 3.35. The Morgan fingerprint density at radius 1 is 1.32 bits per heavy atom.